The average molecular weight is 196 g/mol. The van der Waals surface area contributed by atoms with Crippen molar-refractivity contribution >= 4 is 11.8 Å². The van der Waals surface area contributed by atoms with E-state index in [0.29, 0.717) is 5.25 Å². The molecule has 1 aromatic rings. The first-order chi connectivity index (χ1) is 6.22. The van der Waals surface area contributed by atoms with Gasteiger partial charge < -0.3 is 4.74 Å². The lowest BCUT2D eigenvalue weighted by atomic mass is 10.2. The van der Waals surface area contributed by atoms with Crippen LogP contribution < -0.4 is 4.74 Å². The van der Waals surface area contributed by atoms with Crippen molar-refractivity contribution < 1.29 is 4.74 Å². The number of thioether (sulfide) groups is 1. The molecule has 1 rings (SSSR count). The number of hydrogen-bond donors (Lipinski definition) is 0. The monoisotopic (exact) mass is 196 g/mol. The van der Waals surface area contributed by atoms with Crippen LogP contribution in [0.4, 0.5) is 0 Å². The lowest BCUT2D eigenvalue weighted by molar-refractivity contribution is 0.322. The third kappa shape index (κ3) is 3.73. The molecule has 0 saturated carbocycles. The molecule has 2 heteroatoms. The van der Waals surface area contributed by atoms with Crippen molar-refractivity contribution in [2.75, 3.05) is 12.9 Å². The molecule has 0 aliphatic rings. The maximum atomic E-state index is 5.59. The molecule has 0 N–H and O–H groups in total. The molecule has 0 aromatic heterocycles. The number of benzene rings is 1. The van der Waals surface area contributed by atoms with Gasteiger partial charge in [0.1, 0.15) is 5.75 Å². The fourth-order valence-corrected chi connectivity index (χ4v) is 1.12. The highest BCUT2D eigenvalue weighted by Crippen LogP contribution is 2.13. The molecule has 0 bridgehead atoms. The molecule has 0 fully saturated rings. The van der Waals surface area contributed by atoms with E-state index in [2.05, 4.69) is 32.2 Å². The lowest BCUT2D eigenvalue weighted by Crippen LogP contribution is -2.09. The number of aryl methyl sites for hydroxylation is 1. The predicted octanol–water partition coefficient (Wildman–Crippen LogP) is 3.13. The molecule has 1 aromatic carbocycles. The molecule has 0 radical (unpaired) electrons. The summed E-state index contributed by atoms with van der Waals surface area (Å²) in [7, 11) is 0. The summed E-state index contributed by atoms with van der Waals surface area (Å²) in [4.78, 5) is 0. The molecule has 1 nitrogen and oxygen atoms in total. The van der Waals surface area contributed by atoms with Crippen LogP contribution in [0, 0.1) is 6.92 Å². The second-order valence-corrected chi connectivity index (χ2v) is 4.45. The van der Waals surface area contributed by atoms with Crippen LogP contribution >= 0.6 is 11.8 Å². The van der Waals surface area contributed by atoms with Crippen LogP contribution in [-0.4, -0.2) is 18.1 Å². The summed E-state index contributed by atoms with van der Waals surface area (Å²) in [6.45, 7) is 5.03. The highest BCUT2D eigenvalue weighted by molar-refractivity contribution is 7.99. The summed E-state index contributed by atoms with van der Waals surface area (Å²) in [6.07, 6.45) is 2.10. The zero-order valence-corrected chi connectivity index (χ0v) is 9.23. The summed E-state index contributed by atoms with van der Waals surface area (Å²) in [6, 6.07) is 8.17. The van der Waals surface area contributed by atoms with Crippen LogP contribution in [0.25, 0.3) is 0 Å². The summed E-state index contributed by atoms with van der Waals surface area (Å²) < 4.78 is 5.59. The second kappa shape index (κ2) is 5.18. The SMILES string of the molecule is CSC(C)COc1ccc(C)cc1. The van der Waals surface area contributed by atoms with Crippen LogP contribution in [0.5, 0.6) is 5.75 Å². The topological polar surface area (TPSA) is 9.23 Å². The Balaban J connectivity index is 2.41. The Labute approximate surface area is 84.5 Å². The van der Waals surface area contributed by atoms with E-state index < -0.39 is 0 Å². The minimum absolute atomic E-state index is 0.557. The van der Waals surface area contributed by atoms with Gasteiger partial charge in [-0.1, -0.05) is 24.6 Å². The van der Waals surface area contributed by atoms with Crippen LogP contribution in [0.2, 0.25) is 0 Å². The summed E-state index contributed by atoms with van der Waals surface area (Å²) in [5.74, 6) is 0.964. The first-order valence-electron chi connectivity index (χ1n) is 4.44. The zero-order chi connectivity index (χ0) is 9.68. The van der Waals surface area contributed by atoms with E-state index in [1.807, 2.05) is 23.9 Å². The molecule has 0 saturated heterocycles. The van der Waals surface area contributed by atoms with Gasteiger partial charge in [-0.25, -0.2) is 0 Å². The van der Waals surface area contributed by atoms with E-state index in [1.165, 1.54) is 5.56 Å². The minimum Gasteiger partial charge on any atom is -0.492 e. The Kier molecular flexibility index (Phi) is 4.16. The Morgan fingerprint density at radius 1 is 1.31 bits per heavy atom. The number of rotatable bonds is 4. The van der Waals surface area contributed by atoms with E-state index in [4.69, 9.17) is 4.74 Å². The molecule has 0 aliphatic heterocycles. The van der Waals surface area contributed by atoms with E-state index in [0.717, 1.165) is 12.4 Å². The van der Waals surface area contributed by atoms with Gasteiger partial charge in [0.25, 0.3) is 0 Å². The van der Waals surface area contributed by atoms with Gasteiger partial charge in [0.2, 0.25) is 0 Å². The van der Waals surface area contributed by atoms with Crippen molar-refractivity contribution in [3.63, 3.8) is 0 Å². The summed E-state index contributed by atoms with van der Waals surface area (Å²) >= 11 is 1.82. The molecule has 13 heavy (non-hydrogen) atoms. The van der Waals surface area contributed by atoms with Gasteiger partial charge in [0.15, 0.2) is 0 Å². The first kappa shape index (κ1) is 10.5. The number of ether oxygens (including phenoxy) is 1. The highest BCUT2D eigenvalue weighted by Gasteiger charge is 1.99. The maximum Gasteiger partial charge on any atom is 0.119 e. The van der Waals surface area contributed by atoms with E-state index in [9.17, 15) is 0 Å². The third-order valence-corrected chi connectivity index (χ3v) is 2.85. The molecule has 0 spiro atoms. The summed E-state index contributed by atoms with van der Waals surface area (Å²) in [5.41, 5.74) is 1.27. The largest absolute Gasteiger partial charge is 0.492 e. The molecule has 0 amide bonds. The molecule has 1 atom stereocenters. The van der Waals surface area contributed by atoms with Crippen molar-refractivity contribution in [1.82, 2.24) is 0 Å². The van der Waals surface area contributed by atoms with Crippen molar-refractivity contribution in [2.24, 2.45) is 0 Å². The molecule has 72 valence electrons. The third-order valence-electron chi connectivity index (χ3n) is 1.91. The van der Waals surface area contributed by atoms with Gasteiger partial charge in [0.05, 0.1) is 6.61 Å². The Morgan fingerprint density at radius 3 is 2.46 bits per heavy atom. The van der Waals surface area contributed by atoms with Crippen LogP contribution in [0.15, 0.2) is 24.3 Å². The Hall–Kier alpha value is -0.630. The van der Waals surface area contributed by atoms with Crippen LogP contribution in [-0.2, 0) is 0 Å². The lowest BCUT2D eigenvalue weighted by Gasteiger charge is -2.10. The van der Waals surface area contributed by atoms with Gasteiger partial charge in [-0.05, 0) is 25.3 Å². The molecular formula is C11H16OS. The number of hydrogen-bond acceptors (Lipinski definition) is 2. The average Bonchev–Trinajstić information content (AvgIpc) is 2.16. The predicted molar refractivity (Wildman–Crippen MR) is 59.7 cm³/mol. The minimum atomic E-state index is 0.557. The fourth-order valence-electron chi connectivity index (χ4n) is 0.916. The van der Waals surface area contributed by atoms with E-state index in [1.54, 1.807) is 0 Å². The fraction of sp³-hybridized carbons (Fsp3) is 0.455. The zero-order valence-electron chi connectivity index (χ0n) is 8.41. The standard InChI is InChI=1S/C11H16OS/c1-9-4-6-11(7-5-9)12-8-10(2)13-3/h4-7,10H,8H2,1-3H3. The van der Waals surface area contributed by atoms with Gasteiger partial charge in [-0.3, -0.25) is 0 Å². The molecular weight excluding hydrogens is 180 g/mol. The van der Waals surface area contributed by atoms with E-state index in [-0.39, 0.29) is 0 Å². The van der Waals surface area contributed by atoms with Gasteiger partial charge in [-0.15, -0.1) is 0 Å². The summed E-state index contributed by atoms with van der Waals surface area (Å²) in [5, 5.41) is 0.557. The smallest absolute Gasteiger partial charge is 0.119 e. The van der Waals surface area contributed by atoms with Crippen LogP contribution in [0.1, 0.15) is 12.5 Å². The van der Waals surface area contributed by atoms with Crippen LogP contribution in [0.3, 0.4) is 0 Å². The van der Waals surface area contributed by atoms with Crippen molar-refractivity contribution in [3.05, 3.63) is 29.8 Å². The highest BCUT2D eigenvalue weighted by atomic mass is 32.2. The first-order valence-corrected chi connectivity index (χ1v) is 5.73. The van der Waals surface area contributed by atoms with Gasteiger partial charge in [-0.2, -0.15) is 11.8 Å². The normalized spacial score (nSPS) is 12.5. The molecule has 0 heterocycles. The molecule has 1 unspecified atom stereocenters. The maximum absolute atomic E-state index is 5.59. The second-order valence-electron chi connectivity index (χ2n) is 3.17. The van der Waals surface area contributed by atoms with Crippen molar-refractivity contribution in [1.29, 1.82) is 0 Å². The van der Waals surface area contributed by atoms with Crippen molar-refractivity contribution in [2.45, 2.75) is 19.1 Å². The quantitative estimate of drug-likeness (QED) is 0.731. The van der Waals surface area contributed by atoms with E-state index >= 15 is 0 Å². The van der Waals surface area contributed by atoms with Crippen molar-refractivity contribution in [3.8, 4) is 5.75 Å². The Morgan fingerprint density at radius 2 is 1.92 bits per heavy atom. The van der Waals surface area contributed by atoms with Gasteiger partial charge in [0, 0.05) is 5.25 Å². The van der Waals surface area contributed by atoms with Gasteiger partial charge >= 0.3 is 0 Å². The molecule has 0 aliphatic carbocycles. The Bertz CT molecular complexity index is 243.